The summed E-state index contributed by atoms with van der Waals surface area (Å²) in [6.45, 7) is 0.344. The molecule has 0 aliphatic heterocycles. The van der Waals surface area contributed by atoms with Crippen LogP contribution in [0.5, 0.6) is 0 Å². The number of pyridine rings is 1. The predicted molar refractivity (Wildman–Crippen MR) is 113 cm³/mol. The van der Waals surface area contributed by atoms with Crippen LogP contribution >= 0.6 is 0 Å². The third-order valence-corrected chi connectivity index (χ3v) is 4.66. The zero-order valence-electron chi connectivity index (χ0n) is 16.3. The number of fused-ring (bicyclic) bond motifs is 1. The zero-order valence-corrected chi connectivity index (χ0v) is 16.3. The molecule has 0 fully saturated rings. The van der Waals surface area contributed by atoms with E-state index in [2.05, 4.69) is 15.4 Å². The van der Waals surface area contributed by atoms with Crippen molar-refractivity contribution in [2.24, 2.45) is 0 Å². The minimum atomic E-state index is -0.456. The van der Waals surface area contributed by atoms with Crippen molar-refractivity contribution >= 4 is 17.2 Å². The molecule has 0 bridgehead atoms. The van der Waals surface area contributed by atoms with Gasteiger partial charge in [0.1, 0.15) is 6.61 Å². The number of carbonyl (C=O) groups is 1. The number of aliphatic hydroxyl groups excluding tert-OH is 1. The number of anilines is 1. The van der Waals surface area contributed by atoms with Gasteiger partial charge in [-0.15, -0.1) is 5.10 Å². The summed E-state index contributed by atoms with van der Waals surface area (Å²) in [5.74, 6) is -0.127. The Morgan fingerprint density at radius 3 is 2.30 bits per heavy atom. The monoisotopic (exact) mass is 402 g/mol. The summed E-state index contributed by atoms with van der Waals surface area (Å²) >= 11 is 0. The maximum atomic E-state index is 13.4. The van der Waals surface area contributed by atoms with Gasteiger partial charge in [0.2, 0.25) is 5.91 Å². The van der Waals surface area contributed by atoms with Gasteiger partial charge in [-0.3, -0.25) is 4.79 Å². The highest BCUT2D eigenvalue weighted by molar-refractivity contribution is 6.00. The largest absolute Gasteiger partial charge is 0.394 e. The molecule has 0 radical (unpaired) electrons. The van der Waals surface area contributed by atoms with Gasteiger partial charge in [-0.2, -0.15) is 0 Å². The molecule has 7 nitrogen and oxygen atoms in total. The van der Waals surface area contributed by atoms with Gasteiger partial charge in [0.15, 0.2) is 11.5 Å². The molecule has 4 aromatic rings. The molecule has 7 heteroatoms. The summed E-state index contributed by atoms with van der Waals surface area (Å²) in [7, 11) is 0. The quantitative estimate of drug-likeness (QED) is 0.442. The van der Waals surface area contributed by atoms with Gasteiger partial charge in [0.05, 0.1) is 24.8 Å². The van der Waals surface area contributed by atoms with E-state index < -0.39 is 5.92 Å². The highest BCUT2D eigenvalue weighted by Gasteiger charge is 2.23. The molecule has 0 unspecified atom stereocenters. The standard InChI is InChI=1S/C23H22N4O3/c28-14-15-30-16-20-25-22-19(12-7-13-27(22)26-20)24-23(29)21(17-8-3-1-4-9-17)18-10-5-2-6-11-18/h1-13,21,28H,14-16H2,(H,24,29). The smallest absolute Gasteiger partial charge is 0.236 e. The summed E-state index contributed by atoms with van der Waals surface area (Å²) < 4.78 is 6.90. The Morgan fingerprint density at radius 1 is 1.00 bits per heavy atom. The lowest BCUT2D eigenvalue weighted by atomic mass is 9.90. The minimum Gasteiger partial charge on any atom is -0.394 e. The van der Waals surface area contributed by atoms with Crippen LogP contribution in [-0.4, -0.2) is 38.8 Å². The summed E-state index contributed by atoms with van der Waals surface area (Å²) in [6.07, 6.45) is 1.76. The summed E-state index contributed by atoms with van der Waals surface area (Å²) in [5.41, 5.74) is 2.93. The highest BCUT2D eigenvalue weighted by atomic mass is 16.5. The third kappa shape index (κ3) is 4.37. The van der Waals surface area contributed by atoms with E-state index in [1.807, 2.05) is 60.7 Å². The molecular formula is C23H22N4O3. The Balaban J connectivity index is 1.63. The lowest BCUT2D eigenvalue weighted by molar-refractivity contribution is -0.116. The summed E-state index contributed by atoms with van der Waals surface area (Å²) in [6, 6.07) is 23.0. The second-order valence-corrected chi connectivity index (χ2v) is 6.74. The lowest BCUT2D eigenvalue weighted by Gasteiger charge is -2.18. The topological polar surface area (TPSA) is 88.8 Å². The first kappa shape index (κ1) is 19.8. The van der Waals surface area contributed by atoms with Crippen LogP contribution in [0.1, 0.15) is 22.9 Å². The number of nitrogens with one attached hydrogen (secondary N) is 1. The molecule has 0 aliphatic carbocycles. The zero-order chi connectivity index (χ0) is 20.8. The molecule has 2 aromatic carbocycles. The Hall–Kier alpha value is -3.55. The molecule has 30 heavy (non-hydrogen) atoms. The molecule has 0 saturated heterocycles. The number of carbonyl (C=O) groups excluding carboxylic acids is 1. The van der Waals surface area contributed by atoms with E-state index in [1.54, 1.807) is 22.8 Å². The number of hydrogen-bond donors (Lipinski definition) is 2. The van der Waals surface area contributed by atoms with E-state index in [-0.39, 0.29) is 25.7 Å². The van der Waals surface area contributed by atoms with Crippen molar-refractivity contribution in [3.8, 4) is 0 Å². The van der Waals surface area contributed by atoms with Crippen LogP contribution < -0.4 is 5.32 Å². The second-order valence-electron chi connectivity index (χ2n) is 6.74. The Bertz CT molecular complexity index is 1070. The second kappa shape index (κ2) is 9.30. The first-order chi connectivity index (χ1) is 14.8. The Labute approximate surface area is 174 Å². The van der Waals surface area contributed by atoms with E-state index >= 15 is 0 Å². The van der Waals surface area contributed by atoms with E-state index in [4.69, 9.17) is 9.84 Å². The number of ether oxygens (including phenoxy) is 1. The highest BCUT2D eigenvalue weighted by Crippen LogP contribution is 2.27. The van der Waals surface area contributed by atoms with E-state index in [0.29, 0.717) is 17.2 Å². The molecule has 2 aromatic heterocycles. The molecule has 1 amide bonds. The maximum Gasteiger partial charge on any atom is 0.236 e. The molecule has 2 N–H and O–H groups in total. The van der Waals surface area contributed by atoms with Crippen molar-refractivity contribution in [2.45, 2.75) is 12.5 Å². The van der Waals surface area contributed by atoms with E-state index in [1.165, 1.54) is 0 Å². The molecule has 2 heterocycles. The number of aromatic nitrogens is 3. The van der Waals surface area contributed by atoms with Crippen molar-refractivity contribution in [3.63, 3.8) is 0 Å². The van der Waals surface area contributed by atoms with Crippen LogP contribution in [0.3, 0.4) is 0 Å². The number of aliphatic hydroxyl groups is 1. The van der Waals surface area contributed by atoms with Crippen molar-refractivity contribution in [1.29, 1.82) is 0 Å². The Morgan fingerprint density at radius 2 is 1.67 bits per heavy atom. The van der Waals surface area contributed by atoms with Crippen molar-refractivity contribution < 1.29 is 14.6 Å². The van der Waals surface area contributed by atoms with E-state index in [9.17, 15) is 4.79 Å². The van der Waals surface area contributed by atoms with Crippen molar-refractivity contribution in [3.05, 3.63) is 95.9 Å². The summed E-state index contributed by atoms with van der Waals surface area (Å²) in [5, 5.41) is 16.2. The average molecular weight is 402 g/mol. The molecule has 4 rings (SSSR count). The van der Waals surface area contributed by atoms with Crippen LogP contribution in [0.4, 0.5) is 5.69 Å². The van der Waals surface area contributed by atoms with Gasteiger partial charge < -0.3 is 15.2 Å². The number of rotatable bonds is 8. The fourth-order valence-corrected chi connectivity index (χ4v) is 3.33. The molecular weight excluding hydrogens is 380 g/mol. The molecule has 0 atom stereocenters. The van der Waals surface area contributed by atoms with Gasteiger partial charge in [-0.05, 0) is 23.3 Å². The SMILES string of the molecule is O=C(Nc1cccn2nc(COCCO)nc12)C(c1ccccc1)c1ccccc1. The minimum absolute atomic E-state index is 0.0605. The van der Waals surface area contributed by atoms with Crippen molar-refractivity contribution in [1.82, 2.24) is 14.6 Å². The molecule has 152 valence electrons. The molecule has 0 saturated carbocycles. The van der Waals surface area contributed by atoms with Crippen LogP contribution in [0.25, 0.3) is 5.65 Å². The molecule has 0 aliphatic rings. The average Bonchev–Trinajstić information content (AvgIpc) is 3.20. The number of nitrogens with zero attached hydrogens (tertiary/aromatic N) is 3. The predicted octanol–water partition coefficient (Wildman–Crippen LogP) is 3.01. The van der Waals surface area contributed by atoms with Crippen LogP contribution in [0.15, 0.2) is 79.0 Å². The van der Waals surface area contributed by atoms with Crippen LogP contribution in [-0.2, 0) is 16.1 Å². The molecule has 0 spiro atoms. The lowest BCUT2D eigenvalue weighted by Crippen LogP contribution is -2.22. The van der Waals surface area contributed by atoms with Crippen molar-refractivity contribution in [2.75, 3.05) is 18.5 Å². The van der Waals surface area contributed by atoms with Crippen LogP contribution in [0, 0.1) is 0 Å². The van der Waals surface area contributed by atoms with Gasteiger partial charge in [0, 0.05) is 6.20 Å². The number of amides is 1. The fraction of sp³-hybridized carbons (Fsp3) is 0.174. The fourth-order valence-electron chi connectivity index (χ4n) is 3.33. The van der Waals surface area contributed by atoms with Gasteiger partial charge in [-0.1, -0.05) is 60.7 Å². The van der Waals surface area contributed by atoms with Gasteiger partial charge >= 0.3 is 0 Å². The number of hydrogen-bond acceptors (Lipinski definition) is 5. The summed E-state index contributed by atoms with van der Waals surface area (Å²) in [4.78, 5) is 17.8. The first-order valence-electron chi connectivity index (χ1n) is 9.70. The van der Waals surface area contributed by atoms with Gasteiger partial charge in [0.25, 0.3) is 0 Å². The van der Waals surface area contributed by atoms with E-state index in [0.717, 1.165) is 11.1 Å². The van der Waals surface area contributed by atoms with Gasteiger partial charge in [-0.25, -0.2) is 9.50 Å². The first-order valence-corrected chi connectivity index (χ1v) is 9.70. The maximum absolute atomic E-state index is 13.4. The Kier molecular flexibility index (Phi) is 6.12. The number of benzene rings is 2. The normalized spacial score (nSPS) is 11.1. The third-order valence-electron chi connectivity index (χ3n) is 4.66. The van der Waals surface area contributed by atoms with Crippen LogP contribution in [0.2, 0.25) is 0 Å².